The zero-order valence-corrected chi connectivity index (χ0v) is 10.00. The van der Waals surface area contributed by atoms with Crippen molar-refractivity contribution in [3.63, 3.8) is 0 Å². The fourth-order valence-corrected chi connectivity index (χ4v) is 2.08. The third-order valence-electron chi connectivity index (χ3n) is 3.03. The molecule has 0 aliphatic carbocycles. The summed E-state index contributed by atoms with van der Waals surface area (Å²) in [5, 5.41) is 14.6. The Balaban J connectivity index is 2.10. The SMILES string of the molecule is COCC(C)N1CCn2nc([N+](=O)[O-])cc2C1. The zero-order valence-electron chi connectivity index (χ0n) is 10.00. The van der Waals surface area contributed by atoms with Gasteiger partial charge in [-0.1, -0.05) is 0 Å². The summed E-state index contributed by atoms with van der Waals surface area (Å²) in [6, 6.07) is 1.86. The Labute approximate surface area is 99.1 Å². The lowest BCUT2D eigenvalue weighted by molar-refractivity contribution is -0.389. The molecule has 0 aromatic carbocycles. The number of ether oxygens (including phenoxy) is 1. The number of hydrogen-bond acceptors (Lipinski definition) is 5. The van der Waals surface area contributed by atoms with Crippen molar-refractivity contribution in [3.05, 3.63) is 21.9 Å². The largest absolute Gasteiger partial charge is 0.390 e. The minimum absolute atomic E-state index is 0.0683. The summed E-state index contributed by atoms with van der Waals surface area (Å²) in [7, 11) is 1.68. The van der Waals surface area contributed by atoms with E-state index in [0.717, 1.165) is 12.2 Å². The van der Waals surface area contributed by atoms with E-state index in [1.807, 2.05) is 0 Å². The molecule has 0 saturated heterocycles. The van der Waals surface area contributed by atoms with E-state index >= 15 is 0 Å². The minimum Gasteiger partial charge on any atom is -0.383 e. The van der Waals surface area contributed by atoms with E-state index in [9.17, 15) is 10.1 Å². The number of nitrogens with zero attached hydrogens (tertiary/aromatic N) is 4. The van der Waals surface area contributed by atoms with Crippen molar-refractivity contribution in [1.82, 2.24) is 14.7 Å². The fraction of sp³-hybridized carbons (Fsp3) is 0.700. The maximum atomic E-state index is 10.6. The molecular weight excluding hydrogens is 224 g/mol. The van der Waals surface area contributed by atoms with Crippen LogP contribution in [0, 0.1) is 10.1 Å². The summed E-state index contributed by atoms with van der Waals surface area (Å²) < 4.78 is 6.83. The van der Waals surface area contributed by atoms with Gasteiger partial charge in [0.2, 0.25) is 0 Å². The second kappa shape index (κ2) is 4.80. The maximum absolute atomic E-state index is 10.6. The summed E-state index contributed by atoms with van der Waals surface area (Å²) in [5.41, 5.74) is 0.894. The number of fused-ring (bicyclic) bond motifs is 1. The van der Waals surface area contributed by atoms with Crippen molar-refractivity contribution in [1.29, 1.82) is 0 Å². The highest BCUT2D eigenvalue weighted by molar-refractivity contribution is 5.22. The number of rotatable bonds is 4. The van der Waals surface area contributed by atoms with Gasteiger partial charge in [-0.15, -0.1) is 0 Å². The molecule has 0 saturated carbocycles. The van der Waals surface area contributed by atoms with Crippen molar-refractivity contribution < 1.29 is 9.66 Å². The van der Waals surface area contributed by atoms with E-state index in [1.165, 1.54) is 0 Å². The van der Waals surface area contributed by atoms with Crippen LogP contribution in [0.2, 0.25) is 0 Å². The van der Waals surface area contributed by atoms with Crippen LogP contribution in [0.25, 0.3) is 0 Å². The molecule has 0 fully saturated rings. The fourth-order valence-electron chi connectivity index (χ4n) is 2.08. The predicted molar refractivity (Wildman–Crippen MR) is 60.6 cm³/mol. The van der Waals surface area contributed by atoms with Crippen LogP contribution >= 0.6 is 0 Å². The first kappa shape index (κ1) is 12.0. The van der Waals surface area contributed by atoms with E-state index < -0.39 is 4.92 Å². The van der Waals surface area contributed by atoms with Crippen LogP contribution in [0.15, 0.2) is 6.07 Å². The third-order valence-corrected chi connectivity index (χ3v) is 3.03. The van der Waals surface area contributed by atoms with Gasteiger partial charge in [0.15, 0.2) is 0 Å². The first-order chi connectivity index (χ1) is 8.11. The second-order valence-electron chi connectivity index (χ2n) is 4.25. The topological polar surface area (TPSA) is 73.4 Å². The van der Waals surface area contributed by atoms with Crippen molar-refractivity contribution in [2.45, 2.75) is 26.1 Å². The molecule has 0 N–H and O–H groups in total. The summed E-state index contributed by atoms with van der Waals surface area (Å²) in [6.45, 7) is 4.97. The molecule has 2 heterocycles. The number of methoxy groups -OCH3 is 1. The second-order valence-corrected chi connectivity index (χ2v) is 4.25. The smallest absolute Gasteiger partial charge is 0.383 e. The lowest BCUT2D eigenvalue weighted by atomic mass is 10.2. The van der Waals surface area contributed by atoms with Crippen molar-refractivity contribution in [2.75, 3.05) is 20.3 Å². The highest BCUT2D eigenvalue weighted by Crippen LogP contribution is 2.19. The van der Waals surface area contributed by atoms with Gasteiger partial charge >= 0.3 is 5.82 Å². The van der Waals surface area contributed by atoms with Gasteiger partial charge in [0.25, 0.3) is 0 Å². The molecule has 7 heteroatoms. The molecule has 1 atom stereocenters. The molecule has 17 heavy (non-hydrogen) atoms. The highest BCUT2D eigenvalue weighted by atomic mass is 16.6. The summed E-state index contributed by atoms with van der Waals surface area (Å²) in [6.07, 6.45) is 0. The summed E-state index contributed by atoms with van der Waals surface area (Å²) in [4.78, 5) is 12.4. The van der Waals surface area contributed by atoms with Crippen LogP contribution in [-0.4, -0.2) is 45.9 Å². The monoisotopic (exact) mass is 240 g/mol. The Hall–Kier alpha value is -1.47. The van der Waals surface area contributed by atoms with E-state index in [-0.39, 0.29) is 5.82 Å². The minimum atomic E-state index is -0.450. The van der Waals surface area contributed by atoms with E-state index in [1.54, 1.807) is 17.9 Å². The normalized spacial score (nSPS) is 17.8. The van der Waals surface area contributed by atoms with Crippen LogP contribution in [0.5, 0.6) is 0 Å². The average molecular weight is 240 g/mol. The Morgan fingerprint density at radius 2 is 2.41 bits per heavy atom. The molecule has 7 nitrogen and oxygen atoms in total. The van der Waals surface area contributed by atoms with Crippen LogP contribution in [-0.2, 0) is 17.8 Å². The van der Waals surface area contributed by atoms with Gasteiger partial charge in [0.05, 0.1) is 30.0 Å². The van der Waals surface area contributed by atoms with E-state index in [0.29, 0.717) is 25.7 Å². The van der Waals surface area contributed by atoms with Crippen molar-refractivity contribution >= 4 is 5.82 Å². The number of aromatic nitrogens is 2. The van der Waals surface area contributed by atoms with Gasteiger partial charge < -0.3 is 14.9 Å². The highest BCUT2D eigenvalue weighted by Gasteiger charge is 2.26. The van der Waals surface area contributed by atoms with Crippen LogP contribution in [0.1, 0.15) is 12.6 Å². The first-order valence-corrected chi connectivity index (χ1v) is 5.56. The van der Waals surface area contributed by atoms with Gasteiger partial charge in [-0.25, -0.2) is 0 Å². The molecule has 94 valence electrons. The Kier molecular flexibility index (Phi) is 3.39. The summed E-state index contributed by atoms with van der Waals surface area (Å²) in [5.74, 6) is -0.0683. The van der Waals surface area contributed by atoms with Gasteiger partial charge in [0.1, 0.15) is 0 Å². The van der Waals surface area contributed by atoms with Gasteiger partial charge in [-0.05, 0) is 11.8 Å². The Morgan fingerprint density at radius 1 is 1.65 bits per heavy atom. The van der Waals surface area contributed by atoms with Crippen LogP contribution in [0.4, 0.5) is 5.82 Å². The zero-order chi connectivity index (χ0) is 12.4. The molecule has 0 radical (unpaired) electrons. The van der Waals surface area contributed by atoms with Crippen LogP contribution < -0.4 is 0 Å². The van der Waals surface area contributed by atoms with Gasteiger partial charge in [-0.2, -0.15) is 4.68 Å². The van der Waals surface area contributed by atoms with E-state index in [4.69, 9.17) is 4.74 Å². The maximum Gasteiger partial charge on any atom is 0.390 e. The quantitative estimate of drug-likeness (QED) is 0.570. The Bertz CT molecular complexity index is 418. The molecule has 1 aliphatic heterocycles. The standard InChI is InChI=1S/C10H16N4O3/c1-8(7-17-2)12-3-4-13-9(6-12)5-10(11-13)14(15)16/h5,8H,3-4,6-7H2,1-2H3. The van der Waals surface area contributed by atoms with Gasteiger partial charge in [0, 0.05) is 26.2 Å². The average Bonchev–Trinajstić information content (AvgIpc) is 2.71. The Morgan fingerprint density at radius 3 is 3.06 bits per heavy atom. The lowest BCUT2D eigenvalue weighted by Gasteiger charge is -2.31. The van der Waals surface area contributed by atoms with Crippen molar-refractivity contribution in [3.8, 4) is 0 Å². The predicted octanol–water partition coefficient (Wildman–Crippen LogP) is 0.642. The first-order valence-electron chi connectivity index (χ1n) is 5.56. The molecule has 2 rings (SSSR count). The third kappa shape index (κ3) is 2.45. The molecule has 0 bridgehead atoms. The van der Waals surface area contributed by atoms with Gasteiger partial charge in [-0.3, -0.25) is 4.90 Å². The molecular formula is C10H16N4O3. The molecule has 1 aromatic heterocycles. The van der Waals surface area contributed by atoms with Crippen molar-refractivity contribution in [2.24, 2.45) is 0 Å². The van der Waals surface area contributed by atoms with Crippen LogP contribution in [0.3, 0.4) is 0 Å². The molecule has 0 amide bonds. The summed E-state index contributed by atoms with van der Waals surface area (Å²) >= 11 is 0. The van der Waals surface area contributed by atoms with E-state index in [2.05, 4.69) is 16.9 Å². The number of hydrogen-bond donors (Lipinski definition) is 0. The molecule has 0 spiro atoms. The molecule has 1 unspecified atom stereocenters. The molecule has 1 aromatic rings. The number of nitro groups is 1. The molecule has 1 aliphatic rings. The lowest BCUT2D eigenvalue weighted by Crippen LogP contribution is -2.41.